The maximum absolute atomic E-state index is 12.4. The highest BCUT2D eigenvalue weighted by atomic mass is 16.7. The third-order valence-electron chi connectivity index (χ3n) is 10.8. The molecule has 1 N–H and O–H groups in total. The number of fused-ring (bicyclic) bond motifs is 5. The van der Waals surface area contributed by atoms with Gasteiger partial charge in [-0.25, -0.2) is 4.79 Å². The third-order valence-corrected chi connectivity index (χ3v) is 10.8. The van der Waals surface area contributed by atoms with E-state index in [2.05, 4.69) is 26.8 Å². The number of nitrogens with zero attached hydrogens (tertiary/aromatic N) is 1. The van der Waals surface area contributed by atoms with Gasteiger partial charge in [-0.1, -0.05) is 32.4 Å². The van der Waals surface area contributed by atoms with E-state index in [4.69, 9.17) is 4.84 Å². The average molecular weight is 472 g/mol. The van der Waals surface area contributed by atoms with E-state index < -0.39 is 17.8 Å². The van der Waals surface area contributed by atoms with E-state index in [1.165, 1.54) is 31.3 Å². The topological polar surface area (TPSA) is 83.9 Å². The summed E-state index contributed by atoms with van der Waals surface area (Å²) in [6, 6.07) is 0. The SMILES string of the molecule is C[C@H](CCC(=O)ON1C(=O)CCC1=O)[C@H]1CC[C@H]2[C@@H]3CC=C4C[C@H](O)CC[C@]4(C)[C@H]3CC[C@]12C. The molecule has 0 aromatic rings. The Morgan fingerprint density at radius 2 is 1.85 bits per heavy atom. The van der Waals surface area contributed by atoms with Crippen molar-refractivity contribution in [1.82, 2.24) is 5.06 Å². The van der Waals surface area contributed by atoms with Gasteiger partial charge in [-0.15, -0.1) is 5.06 Å². The molecule has 1 heterocycles. The summed E-state index contributed by atoms with van der Waals surface area (Å²) in [5.74, 6) is 1.88. The summed E-state index contributed by atoms with van der Waals surface area (Å²) in [6.07, 6.45) is 12.7. The number of imide groups is 1. The second-order valence-corrected chi connectivity index (χ2v) is 12.4. The van der Waals surface area contributed by atoms with Gasteiger partial charge in [0.1, 0.15) is 0 Å². The molecule has 34 heavy (non-hydrogen) atoms. The fraction of sp³-hybridized carbons (Fsp3) is 0.821. The predicted molar refractivity (Wildman–Crippen MR) is 127 cm³/mol. The molecule has 0 aromatic heterocycles. The smallest absolute Gasteiger partial charge is 0.333 e. The lowest BCUT2D eigenvalue weighted by atomic mass is 9.47. The van der Waals surface area contributed by atoms with E-state index in [0.717, 1.165) is 49.9 Å². The molecule has 6 nitrogen and oxygen atoms in total. The molecule has 0 aromatic carbocycles. The van der Waals surface area contributed by atoms with Crippen LogP contribution in [0, 0.1) is 40.4 Å². The number of carbonyl (C=O) groups is 3. The van der Waals surface area contributed by atoms with Crippen molar-refractivity contribution in [2.24, 2.45) is 40.4 Å². The lowest BCUT2D eigenvalue weighted by Crippen LogP contribution is -2.50. The van der Waals surface area contributed by atoms with E-state index in [0.29, 0.717) is 22.3 Å². The Labute approximate surface area is 203 Å². The zero-order valence-corrected chi connectivity index (χ0v) is 21.1. The number of amides is 2. The molecule has 0 spiro atoms. The number of allylic oxidation sites excluding steroid dienone is 1. The van der Waals surface area contributed by atoms with Crippen molar-refractivity contribution < 1.29 is 24.3 Å². The molecule has 188 valence electrons. The van der Waals surface area contributed by atoms with E-state index >= 15 is 0 Å². The minimum Gasteiger partial charge on any atom is -0.393 e. The van der Waals surface area contributed by atoms with Crippen molar-refractivity contribution in [3.05, 3.63) is 11.6 Å². The molecule has 2 amide bonds. The minimum atomic E-state index is -0.476. The van der Waals surface area contributed by atoms with Gasteiger partial charge in [0.25, 0.3) is 11.8 Å². The Hall–Kier alpha value is -1.69. The van der Waals surface area contributed by atoms with E-state index in [9.17, 15) is 19.5 Å². The highest BCUT2D eigenvalue weighted by Gasteiger charge is 2.59. The number of hydrogen-bond donors (Lipinski definition) is 1. The average Bonchev–Trinajstić information content (AvgIpc) is 3.32. The van der Waals surface area contributed by atoms with Crippen LogP contribution in [0.4, 0.5) is 0 Å². The molecule has 4 aliphatic carbocycles. The van der Waals surface area contributed by atoms with Gasteiger partial charge in [0.15, 0.2) is 0 Å². The van der Waals surface area contributed by atoms with Gasteiger partial charge in [-0.3, -0.25) is 9.59 Å². The van der Waals surface area contributed by atoms with Crippen molar-refractivity contribution in [2.75, 3.05) is 0 Å². The van der Waals surface area contributed by atoms with Gasteiger partial charge in [-0.05, 0) is 98.2 Å². The zero-order chi connectivity index (χ0) is 24.3. The van der Waals surface area contributed by atoms with Crippen molar-refractivity contribution in [2.45, 2.75) is 104 Å². The number of hydrogen-bond acceptors (Lipinski definition) is 5. The number of hydroxylamine groups is 2. The van der Waals surface area contributed by atoms with Gasteiger partial charge in [0.2, 0.25) is 0 Å². The van der Waals surface area contributed by atoms with Crippen LogP contribution in [0.1, 0.15) is 97.8 Å². The second-order valence-electron chi connectivity index (χ2n) is 12.4. The molecule has 5 aliphatic rings. The summed E-state index contributed by atoms with van der Waals surface area (Å²) in [5.41, 5.74) is 2.09. The maximum atomic E-state index is 12.4. The number of aliphatic hydroxyl groups is 1. The molecule has 1 saturated heterocycles. The highest BCUT2D eigenvalue weighted by molar-refractivity contribution is 6.01. The fourth-order valence-corrected chi connectivity index (χ4v) is 8.97. The molecule has 1 aliphatic heterocycles. The summed E-state index contributed by atoms with van der Waals surface area (Å²) in [6.45, 7) is 7.25. The van der Waals surface area contributed by atoms with Crippen LogP contribution in [0.25, 0.3) is 0 Å². The highest BCUT2D eigenvalue weighted by Crippen LogP contribution is 2.67. The van der Waals surface area contributed by atoms with E-state index in [-0.39, 0.29) is 30.8 Å². The monoisotopic (exact) mass is 471 g/mol. The Morgan fingerprint density at radius 1 is 1.12 bits per heavy atom. The van der Waals surface area contributed by atoms with Crippen LogP contribution in [0.2, 0.25) is 0 Å². The van der Waals surface area contributed by atoms with Crippen molar-refractivity contribution in [3.8, 4) is 0 Å². The Bertz CT molecular complexity index is 881. The van der Waals surface area contributed by atoms with Crippen molar-refractivity contribution in [3.63, 3.8) is 0 Å². The normalized spacial score (nSPS) is 42.5. The van der Waals surface area contributed by atoms with Crippen LogP contribution in [0.15, 0.2) is 11.6 Å². The Morgan fingerprint density at radius 3 is 2.59 bits per heavy atom. The van der Waals surface area contributed by atoms with Gasteiger partial charge in [-0.2, -0.15) is 0 Å². The van der Waals surface area contributed by atoms with Gasteiger partial charge in [0, 0.05) is 19.3 Å². The van der Waals surface area contributed by atoms with Gasteiger partial charge >= 0.3 is 5.97 Å². The standard InChI is InChI=1S/C28H41NO5/c1-17(4-11-26(33)34-29-24(31)9-10-25(29)32)21-7-8-22-20-6-5-18-16-19(30)12-14-27(18,2)23(20)13-15-28(21,22)3/h5,17,19-23,30H,4,6-16H2,1-3H3/t17-,19-,20+,21-,22+,23+,27+,28-/m1/s1. The first-order valence-electron chi connectivity index (χ1n) is 13.6. The molecule has 4 fully saturated rings. The summed E-state index contributed by atoms with van der Waals surface area (Å²) in [4.78, 5) is 40.9. The zero-order valence-electron chi connectivity index (χ0n) is 21.1. The largest absolute Gasteiger partial charge is 0.393 e. The van der Waals surface area contributed by atoms with Crippen LogP contribution in [-0.2, 0) is 19.2 Å². The molecule has 0 radical (unpaired) electrons. The van der Waals surface area contributed by atoms with Crippen LogP contribution in [0.3, 0.4) is 0 Å². The van der Waals surface area contributed by atoms with E-state index in [1.807, 2.05) is 0 Å². The summed E-state index contributed by atoms with van der Waals surface area (Å²) in [7, 11) is 0. The maximum Gasteiger partial charge on any atom is 0.333 e. The number of rotatable bonds is 5. The predicted octanol–water partition coefficient (Wildman–Crippen LogP) is 4.95. The second kappa shape index (κ2) is 8.76. The molecular weight excluding hydrogens is 430 g/mol. The molecule has 6 heteroatoms. The molecule has 5 rings (SSSR count). The first-order valence-corrected chi connectivity index (χ1v) is 13.6. The van der Waals surface area contributed by atoms with Crippen LogP contribution in [0.5, 0.6) is 0 Å². The summed E-state index contributed by atoms with van der Waals surface area (Å²) >= 11 is 0. The summed E-state index contributed by atoms with van der Waals surface area (Å²) < 4.78 is 0. The number of carbonyl (C=O) groups excluding carboxylic acids is 3. The van der Waals surface area contributed by atoms with Gasteiger partial charge in [0.05, 0.1) is 6.10 Å². The van der Waals surface area contributed by atoms with Crippen LogP contribution >= 0.6 is 0 Å². The van der Waals surface area contributed by atoms with Gasteiger partial charge < -0.3 is 9.94 Å². The first kappa shape index (κ1) is 24.0. The summed E-state index contributed by atoms with van der Waals surface area (Å²) in [5, 5.41) is 10.9. The van der Waals surface area contributed by atoms with Crippen LogP contribution < -0.4 is 0 Å². The molecule has 3 saturated carbocycles. The molecule has 8 atom stereocenters. The Kier molecular flexibility index (Phi) is 6.19. The minimum absolute atomic E-state index is 0.128. The van der Waals surface area contributed by atoms with Crippen molar-refractivity contribution in [1.29, 1.82) is 0 Å². The molecule has 0 unspecified atom stereocenters. The third kappa shape index (κ3) is 3.84. The van der Waals surface area contributed by atoms with Crippen molar-refractivity contribution >= 4 is 17.8 Å². The molecular formula is C28H41NO5. The number of aliphatic hydroxyl groups excluding tert-OH is 1. The molecule has 0 bridgehead atoms. The van der Waals surface area contributed by atoms with E-state index in [1.54, 1.807) is 0 Å². The van der Waals surface area contributed by atoms with Crippen LogP contribution in [-0.4, -0.2) is 34.1 Å². The first-order chi connectivity index (χ1) is 16.1. The fourth-order valence-electron chi connectivity index (χ4n) is 8.97. The Balaban J connectivity index is 1.22. The lowest BCUT2D eigenvalue weighted by Gasteiger charge is -2.58. The lowest BCUT2D eigenvalue weighted by molar-refractivity contribution is -0.197. The quantitative estimate of drug-likeness (QED) is 0.453.